The second kappa shape index (κ2) is 3.79. The van der Waals surface area contributed by atoms with Gasteiger partial charge in [0.25, 0.3) is 0 Å². The summed E-state index contributed by atoms with van der Waals surface area (Å²) in [5.41, 5.74) is 5.42. The van der Waals surface area contributed by atoms with Gasteiger partial charge in [-0.25, -0.2) is 4.39 Å². The molecule has 0 radical (unpaired) electrons. The number of hydrogen-bond acceptors (Lipinski definition) is 3. The molecular formula is C9H11F2NO2. The first-order chi connectivity index (χ1) is 6.49. The second-order valence-electron chi connectivity index (χ2n) is 2.93. The molecular weight excluding hydrogens is 192 g/mol. The van der Waals surface area contributed by atoms with Crippen molar-refractivity contribution in [3.63, 3.8) is 0 Å². The van der Waals surface area contributed by atoms with Crippen molar-refractivity contribution in [2.75, 3.05) is 7.11 Å². The smallest absolute Gasteiger partial charge is 0.209 e. The predicted molar refractivity (Wildman–Crippen MR) is 47.2 cm³/mol. The average molecular weight is 203 g/mol. The molecule has 1 aromatic rings. The summed E-state index contributed by atoms with van der Waals surface area (Å²) in [6, 6.07) is 0.312. The van der Waals surface area contributed by atoms with Crippen LogP contribution in [0.4, 0.5) is 8.78 Å². The van der Waals surface area contributed by atoms with Gasteiger partial charge in [0.2, 0.25) is 5.82 Å². The fourth-order valence-corrected chi connectivity index (χ4v) is 1.14. The highest BCUT2D eigenvalue weighted by molar-refractivity contribution is 5.44. The number of ether oxygens (including phenoxy) is 1. The van der Waals surface area contributed by atoms with Gasteiger partial charge in [0.15, 0.2) is 17.3 Å². The number of benzene rings is 1. The van der Waals surface area contributed by atoms with Crippen LogP contribution >= 0.6 is 0 Å². The Morgan fingerprint density at radius 3 is 2.50 bits per heavy atom. The van der Waals surface area contributed by atoms with Gasteiger partial charge in [0.1, 0.15) is 0 Å². The maximum atomic E-state index is 13.2. The number of nitrogens with two attached hydrogens (primary N) is 1. The second-order valence-corrected chi connectivity index (χ2v) is 2.93. The summed E-state index contributed by atoms with van der Waals surface area (Å²) in [7, 11) is 1.12. The van der Waals surface area contributed by atoms with Gasteiger partial charge in [-0.1, -0.05) is 0 Å². The summed E-state index contributed by atoms with van der Waals surface area (Å²) in [4.78, 5) is 0. The topological polar surface area (TPSA) is 55.5 Å². The summed E-state index contributed by atoms with van der Waals surface area (Å²) in [5.74, 6) is -3.28. The molecule has 0 saturated heterocycles. The van der Waals surface area contributed by atoms with E-state index in [4.69, 9.17) is 5.73 Å². The van der Waals surface area contributed by atoms with E-state index < -0.39 is 29.2 Å². The molecule has 1 rings (SSSR count). The predicted octanol–water partition coefficient (Wildman–Crippen LogP) is 1.70. The van der Waals surface area contributed by atoms with Crippen LogP contribution in [0.15, 0.2) is 6.07 Å². The highest BCUT2D eigenvalue weighted by Crippen LogP contribution is 2.34. The third-order valence-corrected chi connectivity index (χ3v) is 1.87. The van der Waals surface area contributed by atoms with Crippen LogP contribution in [0.2, 0.25) is 0 Å². The van der Waals surface area contributed by atoms with Crippen molar-refractivity contribution in [2.24, 2.45) is 5.73 Å². The maximum Gasteiger partial charge on any atom is 0.209 e. The van der Waals surface area contributed by atoms with Gasteiger partial charge in [0.05, 0.1) is 7.11 Å². The molecule has 5 heteroatoms. The Morgan fingerprint density at radius 2 is 2.07 bits per heavy atom. The molecule has 3 nitrogen and oxygen atoms in total. The molecule has 0 bridgehead atoms. The Hall–Kier alpha value is -1.36. The van der Waals surface area contributed by atoms with Crippen LogP contribution in [-0.4, -0.2) is 12.2 Å². The van der Waals surface area contributed by atoms with Gasteiger partial charge in [-0.05, 0) is 13.0 Å². The van der Waals surface area contributed by atoms with E-state index in [9.17, 15) is 13.9 Å². The van der Waals surface area contributed by atoms with Crippen molar-refractivity contribution >= 4 is 0 Å². The van der Waals surface area contributed by atoms with Crippen LogP contribution < -0.4 is 10.5 Å². The third-order valence-electron chi connectivity index (χ3n) is 1.87. The number of phenols is 1. The molecule has 1 aromatic carbocycles. The molecule has 0 fully saturated rings. The number of halogens is 2. The molecule has 1 unspecified atom stereocenters. The Bertz CT molecular complexity index is 353. The monoisotopic (exact) mass is 203 g/mol. The van der Waals surface area contributed by atoms with Gasteiger partial charge in [-0.3, -0.25) is 0 Å². The molecule has 1 atom stereocenters. The first-order valence-corrected chi connectivity index (χ1v) is 3.99. The zero-order valence-electron chi connectivity index (χ0n) is 7.84. The molecule has 0 amide bonds. The quantitative estimate of drug-likeness (QED) is 0.769. The number of aromatic hydroxyl groups is 1. The summed E-state index contributed by atoms with van der Waals surface area (Å²) in [5, 5.41) is 9.30. The first-order valence-electron chi connectivity index (χ1n) is 3.99. The van der Waals surface area contributed by atoms with Gasteiger partial charge in [-0.15, -0.1) is 0 Å². The largest absolute Gasteiger partial charge is 0.504 e. The fraction of sp³-hybridized carbons (Fsp3) is 0.333. The van der Waals surface area contributed by atoms with Crippen LogP contribution in [0.1, 0.15) is 18.5 Å². The van der Waals surface area contributed by atoms with Crippen LogP contribution in [-0.2, 0) is 0 Å². The average Bonchev–Trinajstić information content (AvgIpc) is 2.12. The highest BCUT2D eigenvalue weighted by Gasteiger charge is 2.20. The number of phenolic OH excluding ortho intramolecular Hbond substituents is 1. The molecule has 0 aliphatic rings. The van der Waals surface area contributed by atoms with Crippen molar-refractivity contribution in [1.82, 2.24) is 0 Å². The molecule has 0 heterocycles. The summed E-state index contributed by atoms with van der Waals surface area (Å²) in [6.07, 6.45) is 0. The van der Waals surface area contributed by atoms with Crippen LogP contribution in [0.25, 0.3) is 0 Å². The molecule has 0 saturated carbocycles. The molecule has 0 spiro atoms. The molecule has 0 aliphatic carbocycles. The minimum atomic E-state index is -1.13. The Kier molecular flexibility index (Phi) is 2.90. The standard InChI is InChI=1S/C9H11F2NO2/c1-4(12)5-3-6(10)9(14-2)7(11)8(5)13/h3-4,13H,12H2,1-2H3. The number of methoxy groups -OCH3 is 1. The van der Waals surface area contributed by atoms with Crippen LogP contribution in [0.5, 0.6) is 11.5 Å². The van der Waals surface area contributed by atoms with Crippen molar-refractivity contribution in [3.05, 3.63) is 23.3 Å². The molecule has 14 heavy (non-hydrogen) atoms. The molecule has 3 N–H and O–H groups in total. The molecule has 78 valence electrons. The summed E-state index contributed by atoms with van der Waals surface area (Å²) in [6.45, 7) is 1.51. The van der Waals surface area contributed by atoms with Crippen molar-refractivity contribution < 1.29 is 18.6 Å². The van der Waals surface area contributed by atoms with Crippen molar-refractivity contribution in [1.29, 1.82) is 0 Å². The lowest BCUT2D eigenvalue weighted by molar-refractivity contribution is 0.339. The van der Waals surface area contributed by atoms with Crippen molar-refractivity contribution in [2.45, 2.75) is 13.0 Å². The Balaban J connectivity index is 3.40. The third kappa shape index (κ3) is 1.63. The van der Waals surface area contributed by atoms with Gasteiger partial charge in [-0.2, -0.15) is 4.39 Å². The van der Waals surface area contributed by atoms with E-state index in [-0.39, 0.29) is 5.56 Å². The van der Waals surface area contributed by atoms with E-state index in [1.807, 2.05) is 0 Å². The zero-order chi connectivity index (χ0) is 10.9. The van der Waals surface area contributed by atoms with E-state index in [1.54, 1.807) is 0 Å². The minimum Gasteiger partial charge on any atom is -0.504 e. The number of rotatable bonds is 2. The SMILES string of the molecule is COc1c(F)cc(C(C)N)c(O)c1F. The summed E-state index contributed by atoms with van der Waals surface area (Å²) >= 11 is 0. The summed E-state index contributed by atoms with van der Waals surface area (Å²) < 4.78 is 30.8. The maximum absolute atomic E-state index is 13.2. The van der Waals surface area contributed by atoms with Crippen LogP contribution in [0.3, 0.4) is 0 Å². The van der Waals surface area contributed by atoms with E-state index in [0.717, 1.165) is 13.2 Å². The van der Waals surface area contributed by atoms with E-state index >= 15 is 0 Å². The van der Waals surface area contributed by atoms with Crippen molar-refractivity contribution in [3.8, 4) is 11.5 Å². The van der Waals surface area contributed by atoms with E-state index in [2.05, 4.69) is 4.74 Å². The number of hydrogen-bond donors (Lipinski definition) is 2. The lowest BCUT2D eigenvalue weighted by Crippen LogP contribution is -2.07. The van der Waals surface area contributed by atoms with Gasteiger partial charge in [0, 0.05) is 11.6 Å². The molecule has 0 aromatic heterocycles. The lowest BCUT2D eigenvalue weighted by atomic mass is 10.1. The van der Waals surface area contributed by atoms with E-state index in [0.29, 0.717) is 0 Å². The Labute approximate surface area is 80.1 Å². The Morgan fingerprint density at radius 1 is 1.50 bits per heavy atom. The van der Waals surface area contributed by atoms with Gasteiger partial charge >= 0.3 is 0 Å². The highest BCUT2D eigenvalue weighted by atomic mass is 19.1. The normalized spacial score (nSPS) is 12.6. The first kappa shape index (κ1) is 10.7. The minimum absolute atomic E-state index is 0.0146. The van der Waals surface area contributed by atoms with Crippen LogP contribution in [0, 0.1) is 11.6 Å². The van der Waals surface area contributed by atoms with E-state index in [1.165, 1.54) is 6.92 Å². The molecule has 0 aliphatic heterocycles. The zero-order valence-corrected chi connectivity index (χ0v) is 7.84. The fourth-order valence-electron chi connectivity index (χ4n) is 1.14. The lowest BCUT2D eigenvalue weighted by Gasteiger charge is -2.12. The van der Waals surface area contributed by atoms with Gasteiger partial charge < -0.3 is 15.6 Å².